The molecule has 0 aliphatic rings. The van der Waals surface area contributed by atoms with Crippen LogP contribution in [0.25, 0.3) is 0 Å². The third-order valence-corrected chi connectivity index (χ3v) is 5.07. The van der Waals surface area contributed by atoms with E-state index in [2.05, 4.69) is 10.6 Å². The Morgan fingerprint density at radius 3 is 2.52 bits per heavy atom. The summed E-state index contributed by atoms with van der Waals surface area (Å²) in [5, 5.41) is 5.56. The van der Waals surface area contributed by atoms with Crippen LogP contribution in [0.1, 0.15) is 45.0 Å². The molecule has 1 amide bonds. The molecular weight excluding hydrogens is 371 g/mol. The fraction of sp³-hybridized carbons (Fsp3) is 0.316. The second-order valence-corrected chi connectivity index (χ2v) is 6.94. The molecule has 0 aliphatic carbocycles. The Balaban J connectivity index is 2.17. The number of hydrogen-bond acceptors (Lipinski definition) is 6. The van der Waals surface area contributed by atoms with Gasteiger partial charge in [-0.25, -0.2) is 9.18 Å². The van der Waals surface area contributed by atoms with Crippen molar-refractivity contribution in [3.8, 4) is 0 Å². The van der Waals surface area contributed by atoms with Crippen molar-refractivity contribution in [1.29, 1.82) is 0 Å². The highest BCUT2D eigenvalue weighted by Crippen LogP contribution is 2.34. The minimum atomic E-state index is -0.605. The molecule has 1 aromatic carbocycles. The first-order valence-corrected chi connectivity index (χ1v) is 9.17. The average molecular weight is 392 g/mol. The summed E-state index contributed by atoms with van der Waals surface area (Å²) in [4.78, 5) is 36.6. The van der Waals surface area contributed by atoms with Crippen LogP contribution < -0.4 is 10.6 Å². The van der Waals surface area contributed by atoms with Crippen LogP contribution in [0.15, 0.2) is 18.2 Å². The highest BCUT2D eigenvalue weighted by Gasteiger charge is 2.25. The van der Waals surface area contributed by atoms with Crippen LogP contribution in [0, 0.1) is 19.7 Å². The fourth-order valence-corrected chi connectivity index (χ4v) is 3.60. The number of aryl methyl sites for hydroxylation is 1. The van der Waals surface area contributed by atoms with Crippen LogP contribution in [-0.4, -0.2) is 30.8 Å². The Morgan fingerprint density at radius 2 is 1.93 bits per heavy atom. The van der Waals surface area contributed by atoms with Gasteiger partial charge in [0, 0.05) is 0 Å². The number of anilines is 2. The summed E-state index contributed by atoms with van der Waals surface area (Å²) in [6, 6.07) is 4.63. The summed E-state index contributed by atoms with van der Waals surface area (Å²) < 4.78 is 18.9. The lowest BCUT2D eigenvalue weighted by atomic mass is 10.1. The van der Waals surface area contributed by atoms with Crippen molar-refractivity contribution < 1.29 is 23.5 Å². The molecule has 2 aromatic rings. The summed E-state index contributed by atoms with van der Waals surface area (Å²) in [6.45, 7) is 6.43. The van der Waals surface area contributed by atoms with Gasteiger partial charge in [-0.2, -0.15) is 0 Å². The molecule has 8 heteroatoms. The minimum Gasteiger partial charge on any atom is -0.462 e. The molecule has 144 valence electrons. The predicted molar refractivity (Wildman–Crippen MR) is 103 cm³/mol. The molecule has 27 heavy (non-hydrogen) atoms. The maximum atomic E-state index is 13.8. The maximum Gasteiger partial charge on any atom is 0.341 e. The van der Waals surface area contributed by atoms with Crippen molar-refractivity contribution in [1.82, 2.24) is 0 Å². The normalized spacial score (nSPS) is 10.4. The van der Waals surface area contributed by atoms with Crippen LogP contribution >= 0.6 is 11.3 Å². The molecule has 0 aliphatic heterocycles. The summed E-state index contributed by atoms with van der Waals surface area (Å²) in [7, 11) is 0. The number of thiophene rings is 1. The van der Waals surface area contributed by atoms with Crippen molar-refractivity contribution >= 4 is 39.7 Å². The van der Waals surface area contributed by atoms with Gasteiger partial charge < -0.3 is 15.4 Å². The molecule has 1 aromatic heterocycles. The second kappa shape index (κ2) is 8.77. The van der Waals surface area contributed by atoms with Crippen molar-refractivity contribution in [3.63, 3.8) is 0 Å². The molecule has 0 unspecified atom stereocenters. The van der Waals surface area contributed by atoms with Crippen LogP contribution in [0.2, 0.25) is 0 Å². The van der Waals surface area contributed by atoms with Crippen LogP contribution in [0.4, 0.5) is 15.1 Å². The summed E-state index contributed by atoms with van der Waals surface area (Å²) in [5.74, 6) is -1.74. The van der Waals surface area contributed by atoms with E-state index in [1.165, 1.54) is 13.0 Å². The SMILES string of the molecule is CCOC(=O)c1c(NC(=O)CNc2ccc(C)cc2F)sc(C(C)=O)c1C. The van der Waals surface area contributed by atoms with Gasteiger partial charge in [-0.3, -0.25) is 9.59 Å². The number of carbonyl (C=O) groups excluding carboxylic acids is 3. The van der Waals surface area contributed by atoms with Crippen molar-refractivity contribution in [2.24, 2.45) is 0 Å². The van der Waals surface area contributed by atoms with Crippen LogP contribution in [0.3, 0.4) is 0 Å². The largest absolute Gasteiger partial charge is 0.462 e. The molecule has 2 rings (SSSR count). The van der Waals surface area contributed by atoms with Gasteiger partial charge >= 0.3 is 5.97 Å². The van der Waals surface area contributed by atoms with Gasteiger partial charge in [-0.15, -0.1) is 11.3 Å². The molecule has 1 heterocycles. The van der Waals surface area contributed by atoms with Gasteiger partial charge in [0.25, 0.3) is 0 Å². The van der Waals surface area contributed by atoms with Gasteiger partial charge in [0.1, 0.15) is 10.8 Å². The van der Waals surface area contributed by atoms with Crippen molar-refractivity contribution in [2.75, 3.05) is 23.8 Å². The quantitative estimate of drug-likeness (QED) is 0.551. The lowest BCUT2D eigenvalue weighted by Crippen LogP contribution is -2.23. The zero-order valence-corrected chi connectivity index (χ0v) is 16.4. The van der Waals surface area contributed by atoms with Crippen LogP contribution in [0.5, 0.6) is 0 Å². The fourth-order valence-electron chi connectivity index (χ4n) is 2.50. The molecule has 0 atom stereocenters. The van der Waals surface area contributed by atoms with Crippen molar-refractivity contribution in [2.45, 2.75) is 27.7 Å². The highest BCUT2D eigenvalue weighted by atomic mass is 32.1. The number of benzene rings is 1. The molecular formula is C19H21FN2O4S. The molecule has 0 radical (unpaired) electrons. The summed E-state index contributed by atoms with van der Waals surface area (Å²) in [6.07, 6.45) is 0. The van der Waals surface area contributed by atoms with Gasteiger partial charge in [0.15, 0.2) is 5.78 Å². The van der Waals surface area contributed by atoms with E-state index in [0.29, 0.717) is 10.4 Å². The van der Waals surface area contributed by atoms with E-state index in [1.807, 2.05) is 0 Å². The Hall–Kier alpha value is -2.74. The number of hydrogen-bond donors (Lipinski definition) is 2. The molecule has 6 nitrogen and oxygen atoms in total. The number of nitrogens with one attached hydrogen (secondary N) is 2. The number of ether oxygens (including phenoxy) is 1. The highest BCUT2D eigenvalue weighted by molar-refractivity contribution is 7.18. The first-order valence-electron chi connectivity index (χ1n) is 8.35. The van der Waals surface area contributed by atoms with Crippen molar-refractivity contribution in [3.05, 3.63) is 45.6 Å². The third kappa shape index (κ3) is 4.91. The Kier molecular flexibility index (Phi) is 6.68. The predicted octanol–water partition coefficient (Wildman–Crippen LogP) is 3.93. The van der Waals surface area contributed by atoms with E-state index in [9.17, 15) is 18.8 Å². The molecule has 0 saturated heterocycles. The number of carbonyl (C=O) groups is 3. The van der Waals surface area contributed by atoms with Crippen LogP contribution in [-0.2, 0) is 9.53 Å². The zero-order chi connectivity index (χ0) is 20.1. The Bertz CT molecular complexity index is 892. The van der Waals surface area contributed by atoms with Gasteiger partial charge in [-0.05, 0) is 51.0 Å². The Labute approximate surface area is 160 Å². The number of halogens is 1. The number of esters is 1. The zero-order valence-electron chi connectivity index (χ0n) is 15.6. The van der Waals surface area contributed by atoms with E-state index >= 15 is 0 Å². The van der Waals surface area contributed by atoms with E-state index in [0.717, 1.165) is 16.9 Å². The lowest BCUT2D eigenvalue weighted by molar-refractivity contribution is -0.114. The number of ketones is 1. The van der Waals surface area contributed by atoms with E-state index in [4.69, 9.17) is 4.74 Å². The van der Waals surface area contributed by atoms with Gasteiger partial charge in [0.2, 0.25) is 5.91 Å². The molecule has 0 spiro atoms. The maximum absolute atomic E-state index is 13.8. The average Bonchev–Trinajstić information content (AvgIpc) is 2.90. The topological polar surface area (TPSA) is 84.5 Å². The lowest BCUT2D eigenvalue weighted by Gasteiger charge is -2.09. The molecule has 0 fully saturated rings. The number of Topliss-reactive ketones (excluding diaryl/α,β-unsaturated/α-hetero) is 1. The van der Waals surface area contributed by atoms with Gasteiger partial charge in [-0.1, -0.05) is 6.07 Å². The standard InChI is InChI=1S/C19H21FN2O4S/c1-5-26-19(25)16-11(3)17(12(4)23)27-18(16)22-15(24)9-21-14-7-6-10(2)8-13(14)20/h6-8,21H,5,9H2,1-4H3,(H,22,24). The Morgan fingerprint density at radius 1 is 1.22 bits per heavy atom. The summed E-state index contributed by atoms with van der Waals surface area (Å²) in [5.41, 5.74) is 1.61. The first kappa shape index (κ1) is 20.6. The smallest absolute Gasteiger partial charge is 0.341 e. The third-order valence-electron chi connectivity index (χ3n) is 3.76. The first-order chi connectivity index (χ1) is 12.7. The second-order valence-electron chi connectivity index (χ2n) is 5.92. The number of rotatable bonds is 7. The monoisotopic (exact) mass is 392 g/mol. The van der Waals surface area contributed by atoms with E-state index in [1.54, 1.807) is 32.9 Å². The molecule has 2 N–H and O–H groups in total. The van der Waals surface area contributed by atoms with E-state index in [-0.39, 0.29) is 35.2 Å². The number of amides is 1. The summed E-state index contributed by atoms with van der Waals surface area (Å²) >= 11 is 1.02. The molecule has 0 bridgehead atoms. The molecule has 0 saturated carbocycles. The van der Waals surface area contributed by atoms with Gasteiger partial charge in [0.05, 0.1) is 29.3 Å². The van der Waals surface area contributed by atoms with E-state index < -0.39 is 17.7 Å². The minimum absolute atomic E-state index is 0.168.